The molecule has 1 aromatic carbocycles. The Morgan fingerprint density at radius 1 is 1.32 bits per heavy atom. The summed E-state index contributed by atoms with van der Waals surface area (Å²) >= 11 is 0. The van der Waals surface area contributed by atoms with Crippen LogP contribution in [0.15, 0.2) is 41.1 Å². The van der Waals surface area contributed by atoms with E-state index in [0.717, 1.165) is 23.5 Å². The highest BCUT2D eigenvalue weighted by atomic mass is 16.3. The Hall–Kier alpha value is -2.07. The summed E-state index contributed by atoms with van der Waals surface area (Å²) in [5, 5.41) is 8.70. The number of aryl methyl sites for hydroxylation is 1. The van der Waals surface area contributed by atoms with Gasteiger partial charge in [0.05, 0.1) is 12.7 Å². The lowest BCUT2D eigenvalue weighted by Gasteiger charge is -2.02. The topological polar surface area (TPSA) is 43.0 Å². The van der Waals surface area contributed by atoms with Crippen LogP contribution in [0.4, 0.5) is 0 Å². The summed E-state index contributed by atoms with van der Waals surface area (Å²) in [7, 11) is 1.95. The number of benzene rings is 1. The minimum atomic E-state index is 0.666. The van der Waals surface area contributed by atoms with Crippen molar-refractivity contribution in [1.82, 2.24) is 15.1 Å². The molecule has 0 spiro atoms. The number of fused-ring (bicyclic) bond motifs is 1. The van der Waals surface area contributed by atoms with Gasteiger partial charge in [0.25, 0.3) is 0 Å². The van der Waals surface area contributed by atoms with Crippen molar-refractivity contribution in [1.29, 1.82) is 0 Å². The van der Waals surface area contributed by atoms with Crippen LogP contribution < -0.4 is 5.32 Å². The van der Waals surface area contributed by atoms with E-state index in [-0.39, 0.29) is 0 Å². The summed E-state index contributed by atoms with van der Waals surface area (Å²) < 4.78 is 7.87. The van der Waals surface area contributed by atoms with E-state index in [4.69, 9.17) is 4.42 Å². The zero-order chi connectivity index (χ0) is 13.2. The van der Waals surface area contributed by atoms with Gasteiger partial charge >= 0.3 is 0 Å². The van der Waals surface area contributed by atoms with Crippen LogP contribution in [0.5, 0.6) is 0 Å². The first kappa shape index (κ1) is 12.0. The molecule has 3 rings (SSSR count). The molecule has 0 saturated carbocycles. The monoisotopic (exact) mass is 255 g/mol. The first-order valence-electron chi connectivity index (χ1n) is 6.41. The van der Waals surface area contributed by atoms with Gasteiger partial charge in [0.15, 0.2) is 0 Å². The zero-order valence-electron chi connectivity index (χ0n) is 11.2. The molecule has 3 aromatic rings. The molecule has 98 valence electrons. The van der Waals surface area contributed by atoms with Crippen LogP contribution in [0.25, 0.3) is 11.0 Å². The van der Waals surface area contributed by atoms with Gasteiger partial charge in [0.1, 0.15) is 11.3 Å². The first-order valence-corrected chi connectivity index (χ1v) is 6.41. The fourth-order valence-corrected chi connectivity index (χ4v) is 2.35. The quantitative estimate of drug-likeness (QED) is 0.779. The van der Waals surface area contributed by atoms with E-state index in [1.807, 2.05) is 49.2 Å². The second-order valence-corrected chi connectivity index (χ2v) is 4.75. The van der Waals surface area contributed by atoms with Crippen molar-refractivity contribution in [2.45, 2.75) is 20.0 Å². The normalized spacial score (nSPS) is 11.3. The fourth-order valence-electron chi connectivity index (χ4n) is 2.35. The molecule has 19 heavy (non-hydrogen) atoms. The minimum Gasteiger partial charge on any atom is -0.459 e. The van der Waals surface area contributed by atoms with Gasteiger partial charge in [0.2, 0.25) is 0 Å². The SMILES string of the molecule is CNCc1c(Cn2cc(C)cn2)oc2ccccc12. The molecule has 4 nitrogen and oxygen atoms in total. The van der Waals surface area contributed by atoms with Gasteiger partial charge in [-0.05, 0) is 25.6 Å². The van der Waals surface area contributed by atoms with Gasteiger partial charge in [0, 0.05) is 23.7 Å². The van der Waals surface area contributed by atoms with Crippen LogP contribution in [0.1, 0.15) is 16.9 Å². The van der Waals surface area contributed by atoms with Gasteiger partial charge < -0.3 is 9.73 Å². The summed E-state index contributed by atoms with van der Waals surface area (Å²) in [5.74, 6) is 0.971. The lowest BCUT2D eigenvalue weighted by atomic mass is 10.1. The molecule has 2 aromatic heterocycles. The number of nitrogens with one attached hydrogen (secondary N) is 1. The van der Waals surface area contributed by atoms with Gasteiger partial charge in [-0.2, -0.15) is 5.10 Å². The molecule has 0 unspecified atom stereocenters. The number of para-hydroxylation sites is 1. The molecule has 0 fully saturated rings. The van der Waals surface area contributed by atoms with Crippen molar-refractivity contribution in [2.75, 3.05) is 7.05 Å². The van der Waals surface area contributed by atoms with E-state index < -0.39 is 0 Å². The van der Waals surface area contributed by atoms with Crippen LogP contribution in [0, 0.1) is 6.92 Å². The molecule has 0 aliphatic rings. The molecule has 0 aliphatic carbocycles. The van der Waals surface area contributed by atoms with Crippen LogP contribution >= 0.6 is 0 Å². The minimum absolute atomic E-state index is 0.666. The molecule has 0 atom stereocenters. The molecule has 0 aliphatic heterocycles. The number of hydrogen-bond acceptors (Lipinski definition) is 3. The molecule has 0 bridgehead atoms. The Balaban J connectivity index is 2.04. The number of hydrogen-bond donors (Lipinski definition) is 1. The second-order valence-electron chi connectivity index (χ2n) is 4.75. The average molecular weight is 255 g/mol. The van der Waals surface area contributed by atoms with Gasteiger partial charge in [-0.1, -0.05) is 18.2 Å². The van der Waals surface area contributed by atoms with E-state index in [1.54, 1.807) is 0 Å². The highest BCUT2D eigenvalue weighted by Crippen LogP contribution is 2.26. The van der Waals surface area contributed by atoms with E-state index in [9.17, 15) is 0 Å². The van der Waals surface area contributed by atoms with Crippen molar-refractivity contribution in [3.05, 3.63) is 53.5 Å². The third kappa shape index (κ3) is 2.27. The Kier molecular flexibility index (Phi) is 3.09. The van der Waals surface area contributed by atoms with Crippen LogP contribution in [0.2, 0.25) is 0 Å². The van der Waals surface area contributed by atoms with E-state index in [2.05, 4.69) is 16.5 Å². The Labute approximate surface area is 112 Å². The lowest BCUT2D eigenvalue weighted by Crippen LogP contribution is -2.08. The van der Waals surface area contributed by atoms with Gasteiger partial charge in [-0.15, -0.1) is 0 Å². The van der Waals surface area contributed by atoms with Crippen molar-refractivity contribution >= 4 is 11.0 Å². The predicted octanol–water partition coefficient (Wildman–Crippen LogP) is 2.71. The van der Waals surface area contributed by atoms with Crippen molar-refractivity contribution < 1.29 is 4.42 Å². The lowest BCUT2D eigenvalue weighted by molar-refractivity contribution is 0.501. The second kappa shape index (κ2) is 4.90. The molecule has 0 radical (unpaired) electrons. The van der Waals surface area contributed by atoms with Crippen LogP contribution in [-0.2, 0) is 13.1 Å². The van der Waals surface area contributed by atoms with Crippen molar-refractivity contribution in [3.8, 4) is 0 Å². The van der Waals surface area contributed by atoms with E-state index in [1.165, 1.54) is 10.9 Å². The maximum atomic E-state index is 5.96. The van der Waals surface area contributed by atoms with Gasteiger partial charge in [-0.25, -0.2) is 0 Å². The van der Waals surface area contributed by atoms with Crippen molar-refractivity contribution in [2.24, 2.45) is 0 Å². The predicted molar refractivity (Wildman–Crippen MR) is 75.0 cm³/mol. The summed E-state index contributed by atoms with van der Waals surface area (Å²) in [6.45, 7) is 3.50. The maximum Gasteiger partial charge on any atom is 0.134 e. The molecular weight excluding hydrogens is 238 g/mol. The van der Waals surface area contributed by atoms with Gasteiger partial charge in [-0.3, -0.25) is 4.68 Å². The maximum absolute atomic E-state index is 5.96. The number of nitrogens with zero attached hydrogens (tertiary/aromatic N) is 2. The highest BCUT2D eigenvalue weighted by Gasteiger charge is 2.13. The Bertz CT molecular complexity index is 696. The third-order valence-electron chi connectivity index (χ3n) is 3.20. The number of furan rings is 1. The number of aromatic nitrogens is 2. The average Bonchev–Trinajstić information content (AvgIpc) is 2.96. The number of rotatable bonds is 4. The molecule has 2 heterocycles. The van der Waals surface area contributed by atoms with Crippen LogP contribution in [-0.4, -0.2) is 16.8 Å². The van der Waals surface area contributed by atoms with E-state index >= 15 is 0 Å². The molecule has 0 amide bonds. The Morgan fingerprint density at radius 2 is 2.16 bits per heavy atom. The zero-order valence-corrected chi connectivity index (χ0v) is 11.2. The van der Waals surface area contributed by atoms with Crippen molar-refractivity contribution in [3.63, 3.8) is 0 Å². The summed E-state index contributed by atoms with van der Waals surface area (Å²) in [5.41, 5.74) is 3.31. The fraction of sp³-hybridized carbons (Fsp3) is 0.267. The summed E-state index contributed by atoms with van der Waals surface area (Å²) in [6.07, 6.45) is 3.89. The highest BCUT2D eigenvalue weighted by molar-refractivity contribution is 5.82. The molecule has 4 heteroatoms. The molecule has 0 saturated heterocycles. The summed E-state index contributed by atoms with van der Waals surface area (Å²) in [6, 6.07) is 8.14. The smallest absolute Gasteiger partial charge is 0.134 e. The Morgan fingerprint density at radius 3 is 2.89 bits per heavy atom. The standard InChI is InChI=1S/C15H17N3O/c1-11-7-17-18(9-11)10-15-13(8-16-2)12-5-3-4-6-14(12)19-15/h3-7,9,16H,8,10H2,1-2H3. The van der Waals surface area contributed by atoms with Crippen LogP contribution in [0.3, 0.4) is 0 Å². The van der Waals surface area contributed by atoms with E-state index in [0.29, 0.717) is 6.54 Å². The largest absolute Gasteiger partial charge is 0.459 e. The molecule has 1 N–H and O–H groups in total. The first-order chi connectivity index (χ1) is 9.28. The third-order valence-corrected chi connectivity index (χ3v) is 3.20. The molecular formula is C15H17N3O. The summed E-state index contributed by atoms with van der Waals surface area (Å²) in [4.78, 5) is 0.